The van der Waals surface area contributed by atoms with Crippen molar-refractivity contribution in [2.24, 2.45) is 0 Å². The molecule has 1 unspecified atom stereocenters. The second-order valence-corrected chi connectivity index (χ2v) is 8.44. The number of para-hydroxylation sites is 1. The molecule has 2 heterocycles. The van der Waals surface area contributed by atoms with Crippen LogP contribution in [-0.4, -0.2) is 41.0 Å². The standard InChI is InChI=1S/C24H28N4O2S/c1-2-3-14-25-24(31)26-18-12-10-17(11-13-18)16-28-20-8-5-4-7-19(20)22(29)27-15-6-9-21(27)23(28)30/h4-5,7-8,10-13,21H,2-3,6,9,14-16H2,1H3,(H2,25,26,31). The van der Waals surface area contributed by atoms with Crippen LogP contribution in [0.25, 0.3) is 0 Å². The number of nitrogens with one attached hydrogen (secondary N) is 2. The van der Waals surface area contributed by atoms with E-state index in [9.17, 15) is 9.59 Å². The summed E-state index contributed by atoms with van der Waals surface area (Å²) in [5.41, 5.74) is 3.19. The van der Waals surface area contributed by atoms with Gasteiger partial charge in [0.15, 0.2) is 5.11 Å². The van der Waals surface area contributed by atoms with Crippen molar-refractivity contribution in [3.8, 4) is 0 Å². The number of benzene rings is 2. The van der Waals surface area contributed by atoms with Crippen LogP contribution in [0.5, 0.6) is 0 Å². The van der Waals surface area contributed by atoms with Crippen molar-refractivity contribution >= 4 is 40.5 Å². The van der Waals surface area contributed by atoms with Gasteiger partial charge in [0.05, 0.1) is 17.8 Å². The SMILES string of the molecule is CCCCNC(=S)Nc1ccc(CN2C(=O)C3CCCN3C(=O)c3ccccc32)cc1. The molecule has 0 aliphatic carbocycles. The summed E-state index contributed by atoms with van der Waals surface area (Å²) < 4.78 is 0. The third-order valence-electron chi connectivity index (χ3n) is 5.86. The largest absolute Gasteiger partial charge is 0.362 e. The van der Waals surface area contributed by atoms with Crippen molar-refractivity contribution < 1.29 is 9.59 Å². The number of carbonyl (C=O) groups excluding carboxylic acids is 2. The smallest absolute Gasteiger partial charge is 0.256 e. The number of fused-ring (bicyclic) bond motifs is 2. The number of thiocarbonyl (C=S) groups is 1. The molecule has 2 aliphatic rings. The lowest BCUT2D eigenvalue weighted by Gasteiger charge is -2.26. The maximum atomic E-state index is 13.4. The van der Waals surface area contributed by atoms with E-state index >= 15 is 0 Å². The van der Waals surface area contributed by atoms with Crippen molar-refractivity contribution in [1.29, 1.82) is 0 Å². The number of nitrogens with zero attached hydrogens (tertiary/aromatic N) is 2. The number of rotatable bonds is 6. The molecule has 6 nitrogen and oxygen atoms in total. The number of hydrogen-bond donors (Lipinski definition) is 2. The van der Waals surface area contributed by atoms with E-state index in [1.165, 1.54) is 0 Å². The average Bonchev–Trinajstić information content (AvgIpc) is 3.25. The van der Waals surface area contributed by atoms with Crippen LogP contribution in [-0.2, 0) is 11.3 Å². The van der Waals surface area contributed by atoms with Crippen LogP contribution in [0.2, 0.25) is 0 Å². The topological polar surface area (TPSA) is 64.7 Å². The Labute approximate surface area is 188 Å². The molecule has 162 valence electrons. The molecule has 0 aromatic heterocycles. The van der Waals surface area contributed by atoms with Crippen molar-refractivity contribution in [2.75, 3.05) is 23.3 Å². The van der Waals surface area contributed by atoms with Gasteiger partial charge >= 0.3 is 0 Å². The Bertz CT molecular complexity index is 976. The summed E-state index contributed by atoms with van der Waals surface area (Å²) in [6.45, 7) is 4.06. The van der Waals surface area contributed by atoms with Crippen LogP contribution < -0.4 is 15.5 Å². The van der Waals surface area contributed by atoms with E-state index in [1.807, 2.05) is 48.5 Å². The molecule has 1 atom stereocenters. The molecule has 0 radical (unpaired) electrons. The van der Waals surface area contributed by atoms with Crippen LogP contribution in [0.3, 0.4) is 0 Å². The monoisotopic (exact) mass is 436 g/mol. The van der Waals surface area contributed by atoms with Crippen molar-refractivity contribution in [3.63, 3.8) is 0 Å². The maximum absolute atomic E-state index is 13.4. The second-order valence-electron chi connectivity index (χ2n) is 8.03. The molecule has 2 aromatic rings. The van der Waals surface area contributed by atoms with Gasteiger partial charge in [-0.25, -0.2) is 0 Å². The first kappa shape index (κ1) is 21.3. The Kier molecular flexibility index (Phi) is 6.51. The third-order valence-corrected chi connectivity index (χ3v) is 6.10. The van der Waals surface area contributed by atoms with Gasteiger partial charge in [0, 0.05) is 18.8 Å². The fourth-order valence-corrected chi connectivity index (χ4v) is 4.42. The van der Waals surface area contributed by atoms with Crippen LogP contribution in [0.4, 0.5) is 11.4 Å². The summed E-state index contributed by atoms with van der Waals surface area (Å²) in [5, 5.41) is 6.99. The van der Waals surface area contributed by atoms with Gasteiger partial charge in [-0.2, -0.15) is 0 Å². The van der Waals surface area contributed by atoms with Gasteiger partial charge in [-0.3, -0.25) is 9.59 Å². The number of amides is 2. The predicted molar refractivity (Wildman–Crippen MR) is 127 cm³/mol. The highest BCUT2D eigenvalue weighted by molar-refractivity contribution is 7.80. The van der Waals surface area contributed by atoms with Gasteiger partial charge in [-0.05, 0) is 61.3 Å². The minimum Gasteiger partial charge on any atom is -0.362 e. The van der Waals surface area contributed by atoms with Crippen molar-refractivity contribution in [2.45, 2.75) is 45.2 Å². The fraction of sp³-hybridized carbons (Fsp3) is 0.375. The number of hydrogen-bond acceptors (Lipinski definition) is 3. The van der Waals surface area contributed by atoms with Gasteiger partial charge in [-0.15, -0.1) is 0 Å². The first-order valence-corrected chi connectivity index (χ1v) is 11.3. The molecule has 2 aromatic carbocycles. The highest BCUT2D eigenvalue weighted by Gasteiger charge is 2.41. The van der Waals surface area contributed by atoms with E-state index in [1.54, 1.807) is 9.80 Å². The Morgan fingerprint density at radius 2 is 1.90 bits per heavy atom. The molecule has 1 saturated heterocycles. The van der Waals surface area contributed by atoms with Gasteiger partial charge < -0.3 is 20.4 Å². The Morgan fingerprint density at radius 3 is 2.68 bits per heavy atom. The first-order valence-electron chi connectivity index (χ1n) is 10.9. The Hall–Kier alpha value is -2.93. The molecule has 0 bridgehead atoms. The molecule has 0 spiro atoms. The minimum absolute atomic E-state index is 0.000645. The molecule has 2 amide bonds. The van der Waals surface area contributed by atoms with Crippen molar-refractivity contribution in [3.05, 3.63) is 59.7 Å². The molecule has 2 aliphatic heterocycles. The van der Waals surface area contributed by atoms with Crippen LogP contribution >= 0.6 is 12.2 Å². The van der Waals surface area contributed by atoms with E-state index in [-0.39, 0.29) is 17.9 Å². The predicted octanol–water partition coefficient (Wildman–Crippen LogP) is 3.92. The lowest BCUT2D eigenvalue weighted by molar-refractivity contribution is -0.122. The molecule has 0 saturated carbocycles. The zero-order valence-electron chi connectivity index (χ0n) is 17.8. The van der Waals surface area contributed by atoms with Gasteiger partial charge in [0.2, 0.25) is 5.91 Å². The molecule has 4 rings (SSSR count). The van der Waals surface area contributed by atoms with Crippen LogP contribution in [0, 0.1) is 0 Å². The second kappa shape index (κ2) is 9.47. The highest BCUT2D eigenvalue weighted by Crippen LogP contribution is 2.33. The summed E-state index contributed by atoms with van der Waals surface area (Å²) in [7, 11) is 0. The summed E-state index contributed by atoms with van der Waals surface area (Å²) in [4.78, 5) is 29.9. The average molecular weight is 437 g/mol. The molecular formula is C24H28N4O2S. The first-order chi connectivity index (χ1) is 15.1. The van der Waals surface area contributed by atoms with Crippen molar-refractivity contribution in [1.82, 2.24) is 10.2 Å². The zero-order chi connectivity index (χ0) is 21.8. The zero-order valence-corrected chi connectivity index (χ0v) is 18.6. The van der Waals surface area contributed by atoms with Crippen LogP contribution in [0.1, 0.15) is 48.5 Å². The summed E-state index contributed by atoms with van der Waals surface area (Å²) in [6.07, 6.45) is 3.78. The number of carbonyl (C=O) groups is 2. The highest BCUT2D eigenvalue weighted by atomic mass is 32.1. The van der Waals surface area contributed by atoms with E-state index in [0.717, 1.165) is 43.5 Å². The molecule has 2 N–H and O–H groups in total. The van der Waals surface area contributed by atoms with Crippen LogP contribution in [0.15, 0.2) is 48.5 Å². The summed E-state index contributed by atoms with van der Waals surface area (Å²) >= 11 is 5.33. The van der Waals surface area contributed by atoms with Gasteiger partial charge in [0.1, 0.15) is 6.04 Å². The van der Waals surface area contributed by atoms with Gasteiger partial charge in [0.25, 0.3) is 5.91 Å². The maximum Gasteiger partial charge on any atom is 0.256 e. The molecular weight excluding hydrogens is 408 g/mol. The van der Waals surface area contributed by atoms with E-state index in [4.69, 9.17) is 12.2 Å². The number of unbranched alkanes of at least 4 members (excludes halogenated alkanes) is 1. The van der Waals surface area contributed by atoms with E-state index in [0.29, 0.717) is 29.5 Å². The summed E-state index contributed by atoms with van der Waals surface area (Å²) in [6, 6.07) is 15.0. The normalized spacial score (nSPS) is 17.8. The van der Waals surface area contributed by atoms with E-state index in [2.05, 4.69) is 17.6 Å². The van der Waals surface area contributed by atoms with E-state index < -0.39 is 0 Å². The Morgan fingerprint density at radius 1 is 1.13 bits per heavy atom. The fourth-order valence-electron chi connectivity index (χ4n) is 4.20. The molecule has 7 heteroatoms. The number of anilines is 2. The third kappa shape index (κ3) is 4.56. The lowest BCUT2D eigenvalue weighted by atomic mass is 10.1. The quantitative estimate of drug-likeness (QED) is 0.531. The van der Waals surface area contributed by atoms with Gasteiger partial charge in [-0.1, -0.05) is 37.6 Å². The lowest BCUT2D eigenvalue weighted by Crippen LogP contribution is -2.44. The molecule has 31 heavy (non-hydrogen) atoms. The minimum atomic E-state index is -0.368. The molecule has 1 fully saturated rings. The Balaban J connectivity index is 1.51. The summed E-state index contributed by atoms with van der Waals surface area (Å²) in [5.74, 6) is -0.0445.